The summed E-state index contributed by atoms with van der Waals surface area (Å²) in [6, 6.07) is 7.77. The van der Waals surface area contributed by atoms with Crippen molar-refractivity contribution in [2.45, 2.75) is 6.42 Å². The molecule has 0 saturated heterocycles. The number of Topliss-reactive ketones (excluding diaryl/α,β-unsaturated/α-hetero) is 1. The van der Waals surface area contributed by atoms with Gasteiger partial charge in [-0.15, -0.1) is 0 Å². The number of benzene rings is 1. The fraction of sp³-hybridized carbons (Fsp3) is 0.143. The van der Waals surface area contributed by atoms with E-state index in [0.29, 0.717) is 5.56 Å². The Morgan fingerprint density at radius 2 is 2.22 bits per heavy atom. The van der Waals surface area contributed by atoms with Crippen molar-refractivity contribution >= 4 is 5.78 Å². The van der Waals surface area contributed by atoms with Gasteiger partial charge in [0.15, 0.2) is 17.3 Å². The van der Waals surface area contributed by atoms with Crippen LogP contribution in [-0.4, -0.2) is 17.9 Å². The van der Waals surface area contributed by atoms with Crippen molar-refractivity contribution in [2.75, 3.05) is 7.11 Å². The van der Waals surface area contributed by atoms with Gasteiger partial charge in [-0.05, 0) is 29.8 Å². The molecule has 0 fully saturated rings. The summed E-state index contributed by atoms with van der Waals surface area (Å²) < 4.78 is 18.3. The Bertz CT molecular complexity index is 555. The lowest BCUT2D eigenvalue weighted by Crippen LogP contribution is -2.04. The molecule has 0 spiro atoms. The quantitative estimate of drug-likeness (QED) is 0.777. The van der Waals surface area contributed by atoms with Crippen molar-refractivity contribution in [1.29, 1.82) is 0 Å². The Balaban J connectivity index is 2.17. The van der Waals surface area contributed by atoms with Crippen LogP contribution in [0.25, 0.3) is 0 Å². The monoisotopic (exact) mass is 245 g/mol. The molecule has 2 aromatic rings. The molecule has 0 aliphatic heterocycles. The van der Waals surface area contributed by atoms with Crippen LogP contribution in [0.4, 0.5) is 4.39 Å². The van der Waals surface area contributed by atoms with Crippen molar-refractivity contribution < 1.29 is 13.9 Å². The van der Waals surface area contributed by atoms with Gasteiger partial charge in [-0.1, -0.05) is 6.07 Å². The van der Waals surface area contributed by atoms with E-state index in [2.05, 4.69) is 4.98 Å². The number of carbonyl (C=O) groups is 1. The summed E-state index contributed by atoms with van der Waals surface area (Å²) in [6.45, 7) is 0. The third-order valence-electron chi connectivity index (χ3n) is 2.56. The van der Waals surface area contributed by atoms with Crippen molar-refractivity contribution in [2.24, 2.45) is 0 Å². The highest BCUT2D eigenvalue weighted by molar-refractivity contribution is 5.97. The Morgan fingerprint density at radius 3 is 2.83 bits per heavy atom. The number of hydrogen-bond acceptors (Lipinski definition) is 3. The van der Waals surface area contributed by atoms with E-state index in [4.69, 9.17) is 4.74 Å². The summed E-state index contributed by atoms with van der Waals surface area (Å²) in [5.74, 6) is -0.549. The maximum atomic E-state index is 13.5. The molecule has 0 saturated carbocycles. The molecular formula is C14H12FNO2. The number of rotatable bonds is 4. The highest BCUT2D eigenvalue weighted by Crippen LogP contribution is 2.18. The second-order valence-electron chi connectivity index (χ2n) is 3.81. The van der Waals surface area contributed by atoms with Crippen molar-refractivity contribution in [3.8, 4) is 5.75 Å². The van der Waals surface area contributed by atoms with Crippen molar-refractivity contribution in [1.82, 2.24) is 4.98 Å². The summed E-state index contributed by atoms with van der Waals surface area (Å²) in [6.07, 6.45) is 3.47. The Morgan fingerprint density at radius 1 is 1.39 bits per heavy atom. The molecule has 0 aliphatic carbocycles. The van der Waals surface area contributed by atoms with E-state index in [1.54, 1.807) is 24.5 Å². The van der Waals surface area contributed by atoms with Crippen LogP contribution < -0.4 is 4.74 Å². The third kappa shape index (κ3) is 2.71. The topological polar surface area (TPSA) is 39.2 Å². The van der Waals surface area contributed by atoms with E-state index < -0.39 is 5.82 Å². The number of halogens is 1. The van der Waals surface area contributed by atoms with Crippen molar-refractivity contribution in [3.63, 3.8) is 0 Å². The van der Waals surface area contributed by atoms with E-state index in [0.717, 1.165) is 5.56 Å². The van der Waals surface area contributed by atoms with Crippen LogP contribution in [0.1, 0.15) is 15.9 Å². The van der Waals surface area contributed by atoms with Gasteiger partial charge in [0.2, 0.25) is 0 Å². The zero-order valence-electron chi connectivity index (χ0n) is 9.89. The molecule has 18 heavy (non-hydrogen) atoms. The third-order valence-corrected chi connectivity index (χ3v) is 2.56. The molecule has 1 aromatic heterocycles. The van der Waals surface area contributed by atoms with Crippen molar-refractivity contribution in [3.05, 3.63) is 59.7 Å². The molecule has 0 atom stereocenters. The van der Waals surface area contributed by atoms with Gasteiger partial charge in [0.05, 0.1) is 7.11 Å². The van der Waals surface area contributed by atoms with Gasteiger partial charge in [0.25, 0.3) is 0 Å². The number of methoxy groups -OCH3 is 1. The molecule has 4 heteroatoms. The first-order chi connectivity index (χ1) is 8.70. The van der Waals surface area contributed by atoms with E-state index in [1.165, 1.54) is 19.2 Å². The summed E-state index contributed by atoms with van der Waals surface area (Å²) in [7, 11) is 1.38. The summed E-state index contributed by atoms with van der Waals surface area (Å²) in [5.41, 5.74) is 1.14. The maximum Gasteiger partial charge on any atom is 0.167 e. The van der Waals surface area contributed by atoms with Crippen LogP contribution in [-0.2, 0) is 6.42 Å². The summed E-state index contributed by atoms with van der Waals surface area (Å²) in [4.78, 5) is 15.9. The SMILES string of the molecule is COc1ccc(C(=O)Cc2cccnc2)cc1F. The second-order valence-corrected chi connectivity index (χ2v) is 3.81. The molecule has 0 bridgehead atoms. The number of ether oxygens (including phenoxy) is 1. The standard InChI is InChI=1S/C14H12FNO2/c1-18-14-5-4-11(8-12(14)15)13(17)7-10-3-2-6-16-9-10/h2-6,8-9H,7H2,1H3. The lowest BCUT2D eigenvalue weighted by Gasteiger charge is -2.04. The minimum absolute atomic E-state index is 0.132. The van der Waals surface area contributed by atoms with Crippen LogP contribution in [0.3, 0.4) is 0 Å². The average Bonchev–Trinajstić information content (AvgIpc) is 2.39. The molecule has 0 aliphatic rings. The van der Waals surface area contributed by atoms with Crippen LogP contribution in [0.15, 0.2) is 42.7 Å². The molecule has 1 heterocycles. The van der Waals surface area contributed by atoms with Crippen LogP contribution in [0.2, 0.25) is 0 Å². The van der Waals surface area contributed by atoms with Gasteiger partial charge < -0.3 is 4.74 Å². The highest BCUT2D eigenvalue weighted by atomic mass is 19.1. The van der Waals surface area contributed by atoms with Gasteiger partial charge in [0, 0.05) is 24.4 Å². The van der Waals surface area contributed by atoms with E-state index in [9.17, 15) is 9.18 Å². The largest absolute Gasteiger partial charge is 0.494 e. The number of ketones is 1. The Hall–Kier alpha value is -2.23. The minimum Gasteiger partial charge on any atom is -0.494 e. The highest BCUT2D eigenvalue weighted by Gasteiger charge is 2.10. The predicted molar refractivity (Wildman–Crippen MR) is 65.2 cm³/mol. The van der Waals surface area contributed by atoms with Gasteiger partial charge in [-0.25, -0.2) is 4.39 Å². The first kappa shape index (κ1) is 12.2. The van der Waals surface area contributed by atoms with Crippen LogP contribution in [0, 0.1) is 5.82 Å². The molecule has 0 unspecified atom stereocenters. The molecule has 3 nitrogen and oxygen atoms in total. The smallest absolute Gasteiger partial charge is 0.167 e. The second kappa shape index (κ2) is 5.40. The fourth-order valence-corrected chi connectivity index (χ4v) is 1.63. The molecule has 2 rings (SSSR count). The molecule has 92 valence electrons. The fourth-order valence-electron chi connectivity index (χ4n) is 1.63. The number of aromatic nitrogens is 1. The van der Waals surface area contributed by atoms with Gasteiger partial charge >= 0.3 is 0 Å². The van der Waals surface area contributed by atoms with Gasteiger partial charge in [-0.2, -0.15) is 0 Å². The molecule has 0 amide bonds. The Labute approximate surface area is 104 Å². The molecule has 0 N–H and O–H groups in total. The zero-order valence-corrected chi connectivity index (χ0v) is 9.89. The number of hydrogen-bond donors (Lipinski definition) is 0. The number of carbonyl (C=O) groups excluding carboxylic acids is 1. The molecule has 0 radical (unpaired) electrons. The summed E-state index contributed by atoms with van der Waals surface area (Å²) in [5, 5.41) is 0. The molecule has 1 aromatic carbocycles. The van der Waals surface area contributed by atoms with Crippen LogP contribution >= 0.6 is 0 Å². The van der Waals surface area contributed by atoms with E-state index in [1.807, 2.05) is 6.07 Å². The minimum atomic E-state index is -0.533. The predicted octanol–water partition coefficient (Wildman–Crippen LogP) is 2.65. The summed E-state index contributed by atoms with van der Waals surface area (Å²) >= 11 is 0. The molecular weight excluding hydrogens is 233 g/mol. The average molecular weight is 245 g/mol. The van der Waals surface area contributed by atoms with E-state index >= 15 is 0 Å². The van der Waals surface area contributed by atoms with Gasteiger partial charge in [0.1, 0.15) is 0 Å². The lowest BCUT2D eigenvalue weighted by molar-refractivity contribution is 0.0992. The first-order valence-corrected chi connectivity index (χ1v) is 5.46. The van der Waals surface area contributed by atoms with E-state index in [-0.39, 0.29) is 18.0 Å². The number of pyridine rings is 1. The van der Waals surface area contributed by atoms with Crippen LogP contribution in [0.5, 0.6) is 5.75 Å². The first-order valence-electron chi connectivity index (χ1n) is 5.46. The lowest BCUT2D eigenvalue weighted by atomic mass is 10.0. The maximum absolute atomic E-state index is 13.5. The Kier molecular flexibility index (Phi) is 3.67. The normalized spacial score (nSPS) is 10.1. The van der Waals surface area contributed by atoms with Gasteiger partial charge in [-0.3, -0.25) is 9.78 Å². The number of nitrogens with zero attached hydrogens (tertiary/aromatic N) is 1. The zero-order chi connectivity index (χ0) is 13.0.